The molecule has 1 aliphatic heterocycles. The number of carbonyl (C=O) groups excluding carboxylic acids is 1. The third-order valence-electron chi connectivity index (χ3n) is 4.81. The van der Waals surface area contributed by atoms with Gasteiger partial charge in [-0.25, -0.2) is 0 Å². The number of anilines is 1. The quantitative estimate of drug-likeness (QED) is 0.902. The van der Waals surface area contributed by atoms with Crippen LogP contribution in [-0.4, -0.2) is 23.5 Å². The summed E-state index contributed by atoms with van der Waals surface area (Å²) in [6.07, 6.45) is 5.83. The Bertz CT molecular complexity index is 667. The molecule has 2 N–H and O–H groups in total. The molecular weight excluding hydrogens is 298 g/mol. The zero-order chi connectivity index (χ0) is 16.9. The van der Waals surface area contributed by atoms with Crippen LogP contribution >= 0.6 is 0 Å². The molecular formula is C20H25N3O. The van der Waals surface area contributed by atoms with Crippen LogP contribution in [0.4, 0.5) is 5.69 Å². The number of pyridine rings is 1. The van der Waals surface area contributed by atoms with E-state index in [2.05, 4.69) is 29.5 Å². The molecule has 24 heavy (non-hydrogen) atoms. The van der Waals surface area contributed by atoms with Crippen LogP contribution in [0.5, 0.6) is 0 Å². The third-order valence-corrected chi connectivity index (χ3v) is 4.81. The first-order valence-electron chi connectivity index (χ1n) is 8.70. The Morgan fingerprint density at radius 2 is 1.79 bits per heavy atom. The normalized spacial score (nSPS) is 20.8. The molecule has 0 saturated carbocycles. The molecule has 2 unspecified atom stereocenters. The van der Waals surface area contributed by atoms with E-state index in [4.69, 9.17) is 0 Å². The highest BCUT2D eigenvalue weighted by molar-refractivity contribution is 5.95. The average Bonchev–Trinajstić information content (AvgIpc) is 2.63. The molecule has 1 aromatic carbocycles. The minimum Gasteiger partial charge on any atom is -0.325 e. The van der Waals surface area contributed by atoms with E-state index in [9.17, 15) is 4.79 Å². The number of aromatic nitrogens is 1. The predicted molar refractivity (Wildman–Crippen MR) is 97.7 cm³/mol. The summed E-state index contributed by atoms with van der Waals surface area (Å²) in [5.41, 5.74) is 3.08. The van der Waals surface area contributed by atoms with Gasteiger partial charge >= 0.3 is 0 Å². The van der Waals surface area contributed by atoms with Crippen molar-refractivity contribution in [3.63, 3.8) is 0 Å². The summed E-state index contributed by atoms with van der Waals surface area (Å²) >= 11 is 0. The van der Waals surface area contributed by atoms with Crippen molar-refractivity contribution in [2.75, 3.05) is 11.9 Å². The van der Waals surface area contributed by atoms with Crippen molar-refractivity contribution in [2.24, 2.45) is 11.8 Å². The van der Waals surface area contributed by atoms with Crippen LogP contribution in [0.15, 0.2) is 48.8 Å². The van der Waals surface area contributed by atoms with Crippen LogP contribution in [0.2, 0.25) is 0 Å². The summed E-state index contributed by atoms with van der Waals surface area (Å²) in [5, 5.41) is 6.45. The lowest BCUT2D eigenvalue weighted by Gasteiger charge is -2.34. The third kappa shape index (κ3) is 3.82. The van der Waals surface area contributed by atoms with Crippen LogP contribution < -0.4 is 10.6 Å². The van der Waals surface area contributed by atoms with Crippen molar-refractivity contribution in [3.8, 4) is 11.1 Å². The zero-order valence-corrected chi connectivity index (χ0v) is 14.3. The van der Waals surface area contributed by atoms with Gasteiger partial charge in [0.05, 0.1) is 6.04 Å². The number of nitrogens with zero attached hydrogens (tertiary/aromatic N) is 1. The molecule has 4 heteroatoms. The Morgan fingerprint density at radius 3 is 2.46 bits per heavy atom. The Morgan fingerprint density at radius 1 is 1.12 bits per heavy atom. The van der Waals surface area contributed by atoms with Crippen molar-refractivity contribution in [3.05, 3.63) is 48.8 Å². The lowest BCUT2D eigenvalue weighted by molar-refractivity contribution is -0.120. The van der Waals surface area contributed by atoms with Gasteiger partial charge in [-0.15, -0.1) is 0 Å². The molecule has 1 aromatic heterocycles. The second-order valence-electron chi connectivity index (χ2n) is 6.78. The van der Waals surface area contributed by atoms with E-state index in [0.717, 1.165) is 36.2 Å². The Balaban J connectivity index is 1.68. The van der Waals surface area contributed by atoms with E-state index in [1.807, 2.05) is 36.4 Å². The van der Waals surface area contributed by atoms with Crippen LogP contribution in [-0.2, 0) is 4.79 Å². The second kappa shape index (κ2) is 7.58. The molecule has 2 heterocycles. The summed E-state index contributed by atoms with van der Waals surface area (Å²) in [6, 6.07) is 11.8. The molecule has 0 radical (unpaired) electrons. The highest BCUT2D eigenvalue weighted by Gasteiger charge is 2.32. The fourth-order valence-corrected chi connectivity index (χ4v) is 3.43. The molecule has 0 bridgehead atoms. The van der Waals surface area contributed by atoms with E-state index < -0.39 is 0 Å². The maximum Gasteiger partial charge on any atom is 0.241 e. The Kier molecular flexibility index (Phi) is 5.26. The highest BCUT2D eigenvalue weighted by atomic mass is 16.2. The van der Waals surface area contributed by atoms with E-state index in [1.54, 1.807) is 12.4 Å². The summed E-state index contributed by atoms with van der Waals surface area (Å²) in [5.74, 6) is 0.975. The first kappa shape index (κ1) is 16.7. The first-order chi connectivity index (χ1) is 11.6. The van der Waals surface area contributed by atoms with Gasteiger partial charge in [-0.05, 0) is 66.6 Å². The molecule has 1 fully saturated rings. The number of piperidine rings is 1. The van der Waals surface area contributed by atoms with Gasteiger partial charge in [-0.3, -0.25) is 9.78 Å². The van der Waals surface area contributed by atoms with Gasteiger partial charge in [0.1, 0.15) is 0 Å². The SMILES string of the molecule is CC(C)C1CCCNC1C(=O)Nc1ccc(-c2ccncc2)cc1. The summed E-state index contributed by atoms with van der Waals surface area (Å²) < 4.78 is 0. The van der Waals surface area contributed by atoms with Gasteiger partial charge in [0.15, 0.2) is 0 Å². The molecule has 0 aliphatic carbocycles. The van der Waals surface area contributed by atoms with Gasteiger partial charge in [-0.1, -0.05) is 26.0 Å². The van der Waals surface area contributed by atoms with Gasteiger partial charge in [0.2, 0.25) is 5.91 Å². The van der Waals surface area contributed by atoms with Crippen LogP contribution in [0, 0.1) is 11.8 Å². The van der Waals surface area contributed by atoms with E-state index in [1.165, 1.54) is 0 Å². The predicted octanol–water partition coefficient (Wildman–Crippen LogP) is 3.71. The average molecular weight is 323 g/mol. The fraction of sp³-hybridized carbons (Fsp3) is 0.400. The zero-order valence-electron chi connectivity index (χ0n) is 14.3. The number of rotatable bonds is 4. The van der Waals surface area contributed by atoms with Crippen LogP contribution in [0.3, 0.4) is 0 Å². The van der Waals surface area contributed by atoms with E-state index in [-0.39, 0.29) is 11.9 Å². The number of amides is 1. The minimum absolute atomic E-state index is 0.0741. The molecule has 2 atom stereocenters. The number of benzene rings is 1. The van der Waals surface area contributed by atoms with Crippen molar-refractivity contribution < 1.29 is 4.79 Å². The van der Waals surface area contributed by atoms with Crippen molar-refractivity contribution in [2.45, 2.75) is 32.7 Å². The van der Waals surface area contributed by atoms with E-state index >= 15 is 0 Å². The van der Waals surface area contributed by atoms with Crippen molar-refractivity contribution in [1.82, 2.24) is 10.3 Å². The molecule has 1 amide bonds. The topological polar surface area (TPSA) is 54.0 Å². The second-order valence-corrected chi connectivity index (χ2v) is 6.78. The lowest BCUT2D eigenvalue weighted by Crippen LogP contribution is -2.50. The number of carbonyl (C=O) groups is 1. The summed E-state index contributed by atoms with van der Waals surface area (Å²) in [4.78, 5) is 16.7. The largest absolute Gasteiger partial charge is 0.325 e. The molecule has 1 aliphatic rings. The number of hydrogen-bond acceptors (Lipinski definition) is 3. The number of hydrogen-bond donors (Lipinski definition) is 2. The van der Waals surface area contributed by atoms with Crippen LogP contribution in [0.1, 0.15) is 26.7 Å². The van der Waals surface area contributed by atoms with Gasteiger partial charge in [-0.2, -0.15) is 0 Å². The molecule has 4 nitrogen and oxygen atoms in total. The molecule has 2 aromatic rings. The summed E-state index contributed by atoms with van der Waals surface area (Å²) in [6.45, 7) is 5.31. The lowest BCUT2D eigenvalue weighted by atomic mass is 9.82. The molecule has 1 saturated heterocycles. The standard InChI is InChI=1S/C20H25N3O/c1-14(2)18-4-3-11-22-19(18)20(24)23-17-7-5-15(6-8-17)16-9-12-21-13-10-16/h5-10,12-14,18-19,22H,3-4,11H2,1-2H3,(H,23,24). The maximum absolute atomic E-state index is 12.7. The van der Waals surface area contributed by atoms with Gasteiger partial charge in [0.25, 0.3) is 0 Å². The smallest absolute Gasteiger partial charge is 0.241 e. The first-order valence-corrected chi connectivity index (χ1v) is 8.70. The minimum atomic E-state index is -0.0985. The fourth-order valence-electron chi connectivity index (χ4n) is 3.43. The van der Waals surface area contributed by atoms with Crippen molar-refractivity contribution in [1.29, 1.82) is 0 Å². The Labute approximate surface area is 143 Å². The van der Waals surface area contributed by atoms with E-state index in [0.29, 0.717) is 11.8 Å². The summed E-state index contributed by atoms with van der Waals surface area (Å²) in [7, 11) is 0. The maximum atomic E-state index is 12.7. The molecule has 3 rings (SSSR count). The molecule has 0 spiro atoms. The molecule has 126 valence electrons. The van der Waals surface area contributed by atoms with Gasteiger partial charge < -0.3 is 10.6 Å². The highest BCUT2D eigenvalue weighted by Crippen LogP contribution is 2.26. The monoisotopic (exact) mass is 323 g/mol. The number of nitrogens with one attached hydrogen (secondary N) is 2. The Hall–Kier alpha value is -2.20. The van der Waals surface area contributed by atoms with Crippen LogP contribution in [0.25, 0.3) is 11.1 Å². The van der Waals surface area contributed by atoms with Crippen molar-refractivity contribution >= 4 is 11.6 Å². The van der Waals surface area contributed by atoms with Gasteiger partial charge in [0, 0.05) is 18.1 Å².